The summed E-state index contributed by atoms with van der Waals surface area (Å²) in [5.74, 6) is -1.87. The number of aromatic nitrogens is 14. The lowest BCUT2D eigenvalue weighted by Gasteiger charge is -2.19. The van der Waals surface area contributed by atoms with Crippen molar-refractivity contribution in [1.82, 2.24) is 69.2 Å². The van der Waals surface area contributed by atoms with Gasteiger partial charge in [0.15, 0.2) is 16.8 Å². The predicted molar refractivity (Wildman–Crippen MR) is 403 cm³/mol. The first-order valence-electron chi connectivity index (χ1n) is 31.7. The number of nitrogens with two attached hydrogens (primary N) is 3. The van der Waals surface area contributed by atoms with Crippen molar-refractivity contribution in [2.24, 2.45) is 11.5 Å². The van der Waals surface area contributed by atoms with E-state index in [2.05, 4.69) is 81.8 Å². The summed E-state index contributed by atoms with van der Waals surface area (Å²) in [6, 6.07) is 21.7. The Bertz CT molecular complexity index is 4720. The standard InChI is InChI=1S/C19H20ClFN6O3.C17H17ClFN7O2.C12H10Cl2FN3O.C8H10FNO.C7H11N3O2.C4HCl3N2/c1-2-30-17(29)10-27-9-12(7-23-27)24-19-22-8-14(20)18(26-19)25-16(11-28)13-5-3-4-6-15(13)21;18-12-6-21-17(23-10-5-22-26(7-10)8-15(20)28)25-16(12)24-14(9-27)11-3-1-2-4-13(11)19;13-8-5-16-12(14)18-11(8)17-10(6-19)7-3-1-2-4-9(7)15;9-7-4-2-1-3-6(7)8(10)5-11;1-2-12-7(11)5-10-4-6(8)3-9-10;5-2-1-8-4(7)9-3(2)6/h3-9,16,28H,2,10-11H2,1H3,(H2,22,24,25,26);1-7,14,27H,8-9H2,(H2,20,28)(H2,21,23,24,25);1-5,10,19H,6H2,(H,16,17,18);1-4,8,11H,5,10H2;3-4H,2,5,8H2,1H3;1H/t16-;14-;10-;8-;;/m1111../s1. The molecular formula is C67H69Cl7F4N22O9. The van der Waals surface area contributed by atoms with Gasteiger partial charge in [-0.15, -0.1) is 0 Å². The fourth-order valence-electron chi connectivity index (χ4n) is 8.73. The molecule has 11 rings (SSSR count). The van der Waals surface area contributed by atoms with E-state index in [9.17, 15) is 47.3 Å². The Morgan fingerprint density at radius 3 is 1.16 bits per heavy atom. The predicted octanol–water partition coefficient (Wildman–Crippen LogP) is 11.1. The van der Waals surface area contributed by atoms with Crippen molar-refractivity contribution in [3.8, 4) is 0 Å². The average Bonchev–Trinajstić information content (AvgIpc) is 1.33. The maximum atomic E-state index is 14.1. The van der Waals surface area contributed by atoms with E-state index in [1.807, 2.05) is 0 Å². The van der Waals surface area contributed by atoms with Gasteiger partial charge >= 0.3 is 11.9 Å². The lowest BCUT2D eigenvalue weighted by atomic mass is 10.1. The molecule has 578 valence electrons. The summed E-state index contributed by atoms with van der Waals surface area (Å²) in [4.78, 5) is 64.8. The van der Waals surface area contributed by atoms with Gasteiger partial charge in [-0.05, 0) is 61.3 Å². The monoisotopic (exact) mass is 1650 g/mol. The third kappa shape index (κ3) is 29.3. The van der Waals surface area contributed by atoms with E-state index in [0.29, 0.717) is 46.4 Å². The zero-order chi connectivity index (χ0) is 79.5. The Hall–Kier alpha value is -10.4. The third-order valence-electron chi connectivity index (χ3n) is 13.6. The van der Waals surface area contributed by atoms with Crippen LogP contribution in [0, 0.1) is 23.3 Å². The van der Waals surface area contributed by atoms with Crippen molar-refractivity contribution in [2.45, 2.75) is 57.6 Å². The van der Waals surface area contributed by atoms with Gasteiger partial charge in [-0.25, -0.2) is 42.5 Å². The second-order valence-electron chi connectivity index (χ2n) is 21.6. The quantitative estimate of drug-likeness (QED) is 0.0104. The second kappa shape index (κ2) is 45.4. The first-order chi connectivity index (χ1) is 52.2. The maximum absolute atomic E-state index is 14.1. The van der Waals surface area contributed by atoms with E-state index in [-0.39, 0.29) is 129 Å². The van der Waals surface area contributed by atoms with Crippen LogP contribution in [0.15, 0.2) is 159 Å². The van der Waals surface area contributed by atoms with Gasteiger partial charge in [-0.3, -0.25) is 28.4 Å². The van der Waals surface area contributed by atoms with Crippen LogP contribution < -0.4 is 43.8 Å². The van der Waals surface area contributed by atoms with Crippen molar-refractivity contribution in [3.05, 3.63) is 240 Å². The molecule has 4 aromatic carbocycles. The highest BCUT2D eigenvalue weighted by molar-refractivity contribution is 6.41. The lowest BCUT2D eigenvalue weighted by Crippen LogP contribution is -2.18. The maximum Gasteiger partial charge on any atom is 0.327 e. The minimum absolute atomic E-state index is 0.0112. The molecule has 0 unspecified atom stereocenters. The molecule has 4 atom stereocenters. The molecule has 0 bridgehead atoms. The Morgan fingerprint density at radius 1 is 0.459 bits per heavy atom. The summed E-state index contributed by atoms with van der Waals surface area (Å²) in [7, 11) is 0. The summed E-state index contributed by atoms with van der Waals surface area (Å²) in [5, 5.41) is 65.0. The fraction of sp³-hybridized carbons (Fsp3) is 0.224. The SMILES string of the molecule is CCOC(=O)Cn1cc(N)cn1.CCOC(=O)Cn1cc(Nc2ncc(Cl)c(N[C@H](CO)c3ccccc3F)n2)cn1.Clc1ncc(Cl)c(Cl)n1.NC(=O)Cn1cc(Nc2ncc(Cl)c(N[C@H](CO)c3ccccc3F)n2)cn1.N[C@H](CO)c1ccccc1F.OC[C@@H](Nc1nc(Cl)ncc1Cl)c1ccccc1F. The second-order valence-corrected chi connectivity index (χ2v) is 24.2. The molecule has 11 aromatic rings. The molecule has 0 aliphatic carbocycles. The van der Waals surface area contributed by atoms with Crippen LogP contribution in [0.25, 0.3) is 0 Å². The van der Waals surface area contributed by atoms with E-state index in [1.54, 1.807) is 105 Å². The zero-order valence-corrected chi connectivity index (χ0v) is 62.5. The van der Waals surface area contributed by atoms with Crippen LogP contribution in [-0.4, -0.2) is 147 Å². The molecule has 0 saturated heterocycles. The van der Waals surface area contributed by atoms with Gasteiger partial charge in [0.2, 0.25) is 28.4 Å². The number of carbonyl (C=O) groups excluding carboxylic acids is 3. The number of benzene rings is 4. The van der Waals surface area contributed by atoms with E-state index in [0.717, 1.165) is 0 Å². The number of primary amides is 1. The molecule has 109 heavy (non-hydrogen) atoms. The van der Waals surface area contributed by atoms with Gasteiger partial charge in [0.25, 0.3) is 0 Å². The number of hydrogen-bond acceptors (Lipinski definition) is 27. The van der Waals surface area contributed by atoms with Gasteiger partial charge in [0.05, 0.1) is 129 Å². The van der Waals surface area contributed by atoms with Crippen LogP contribution in [0.2, 0.25) is 35.8 Å². The Kier molecular flexibility index (Phi) is 36.5. The number of nitrogens with zero attached hydrogens (tertiary/aromatic N) is 14. The Morgan fingerprint density at radius 2 is 0.807 bits per heavy atom. The van der Waals surface area contributed by atoms with Crippen LogP contribution in [0.1, 0.15) is 60.3 Å². The average molecular weight is 1650 g/mol. The highest BCUT2D eigenvalue weighted by Gasteiger charge is 2.21. The molecule has 1 amide bonds. The van der Waals surface area contributed by atoms with Gasteiger partial charge in [0.1, 0.15) is 63.8 Å². The normalized spacial score (nSPS) is 11.6. The van der Waals surface area contributed by atoms with E-state index in [4.69, 9.17) is 113 Å². The minimum Gasteiger partial charge on any atom is -0.465 e. The molecule has 0 spiro atoms. The molecule has 7 aromatic heterocycles. The number of rotatable bonds is 26. The van der Waals surface area contributed by atoms with Crippen LogP contribution in [-0.2, 0) is 43.5 Å². The molecule has 7 heterocycles. The van der Waals surface area contributed by atoms with E-state index in [1.165, 1.54) is 81.7 Å². The fourth-order valence-corrected chi connectivity index (χ4v) is 9.70. The number of nitrogen functional groups attached to an aromatic ring is 1. The highest BCUT2D eigenvalue weighted by atomic mass is 35.5. The highest BCUT2D eigenvalue weighted by Crippen LogP contribution is 2.31. The smallest absolute Gasteiger partial charge is 0.327 e. The molecule has 42 heteroatoms. The number of anilines is 8. The zero-order valence-electron chi connectivity index (χ0n) is 57.2. The molecule has 0 fully saturated rings. The topological polar surface area (TPSA) is 445 Å². The van der Waals surface area contributed by atoms with Crippen molar-refractivity contribution >= 4 is 145 Å². The summed E-state index contributed by atoms with van der Waals surface area (Å²) < 4.78 is 68.4. The number of esters is 2. The van der Waals surface area contributed by atoms with Gasteiger partial charge in [0, 0.05) is 40.8 Å². The van der Waals surface area contributed by atoms with Crippen LogP contribution >= 0.6 is 81.2 Å². The number of nitrogens with one attached hydrogen (secondary N) is 5. The number of amides is 1. The van der Waals surface area contributed by atoms with Gasteiger partial charge < -0.3 is 73.7 Å². The van der Waals surface area contributed by atoms with E-state index < -0.39 is 53.5 Å². The number of carbonyl (C=O) groups is 3. The molecule has 15 N–H and O–H groups in total. The van der Waals surface area contributed by atoms with Gasteiger partial charge in [-0.2, -0.15) is 30.2 Å². The minimum atomic E-state index is -0.751. The Balaban J connectivity index is 0.000000216. The largest absolute Gasteiger partial charge is 0.465 e. The van der Waals surface area contributed by atoms with Crippen LogP contribution in [0.3, 0.4) is 0 Å². The molecular weight excluding hydrogens is 1580 g/mol. The summed E-state index contributed by atoms with van der Waals surface area (Å²) >= 11 is 40.1. The third-order valence-corrected chi connectivity index (χ3v) is 15.5. The van der Waals surface area contributed by atoms with Crippen molar-refractivity contribution in [2.75, 3.05) is 72.0 Å². The van der Waals surface area contributed by atoms with Crippen molar-refractivity contribution in [3.63, 3.8) is 0 Å². The van der Waals surface area contributed by atoms with Crippen molar-refractivity contribution < 1.29 is 61.8 Å². The molecule has 31 nitrogen and oxygen atoms in total. The summed E-state index contributed by atoms with van der Waals surface area (Å²) in [6.45, 7) is 2.90. The van der Waals surface area contributed by atoms with Crippen LogP contribution in [0.4, 0.5) is 64.0 Å². The summed E-state index contributed by atoms with van der Waals surface area (Å²) in [6.07, 6.45) is 14.6. The molecule has 0 aliphatic heterocycles. The lowest BCUT2D eigenvalue weighted by molar-refractivity contribution is -0.145. The molecule has 0 saturated carbocycles. The number of aliphatic hydroxyl groups is 4. The van der Waals surface area contributed by atoms with E-state index >= 15 is 0 Å². The number of aliphatic hydroxyl groups excluding tert-OH is 4. The van der Waals surface area contributed by atoms with Crippen molar-refractivity contribution in [1.29, 1.82) is 0 Å². The molecule has 0 radical (unpaired) electrons. The first kappa shape index (κ1) is 87.5. The summed E-state index contributed by atoms with van der Waals surface area (Å²) in [5.41, 5.74) is 18.8. The number of hydrogen-bond donors (Lipinski definition) is 12. The van der Waals surface area contributed by atoms with Crippen LogP contribution in [0.5, 0.6) is 0 Å². The Labute approximate surface area is 654 Å². The molecule has 0 aliphatic rings. The number of halogens is 11. The van der Waals surface area contributed by atoms with Gasteiger partial charge in [-0.1, -0.05) is 131 Å². The first-order valence-corrected chi connectivity index (χ1v) is 34.4. The number of ether oxygens (including phenoxy) is 2.